The first-order chi connectivity index (χ1) is 13.4. The molecule has 0 radical (unpaired) electrons. The van der Waals surface area contributed by atoms with Crippen molar-refractivity contribution < 1.29 is 19.1 Å². The van der Waals surface area contributed by atoms with Gasteiger partial charge in [0.15, 0.2) is 0 Å². The maximum Gasteiger partial charge on any atom is 0.274 e. The van der Waals surface area contributed by atoms with E-state index in [2.05, 4.69) is 9.97 Å². The van der Waals surface area contributed by atoms with Crippen molar-refractivity contribution in [3.63, 3.8) is 0 Å². The molecule has 0 spiro atoms. The van der Waals surface area contributed by atoms with E-state index < -0.39 is 0 Å². The standard InChI is InChI=1S/C19H29N5O4/c1-14-12-22-16(13-21-14)19(27)24(7-3-11-28-2)10-6-17(25)23-8-4-15(5-9-23)18(20)26/h12-13,15H,3-11H2,1-2H3,(H2,20,26). The van der Waals surface area contributed by atoms with E-state index in [1.54, 1.807) is 30.0 Å². The predicted molar refractivity (Wildman–Crippen MR) is 102 cm³/mol. The van der Waals surface area contributed by atoms with Crippen LogP contribution in [0.5, 0.6) is 0 Å². The van der Waals surface area contributed by atoms with Crippen LogP contribution >= 0.6 is 0 Å². The Kier molecular flexibility index (Phi) is 8.31. The number of carbonyl (C=O) groups excluding carboxylic acids is 3. The number of rotatable bonds is 9. The molecule has 1 fully saturated rings. The van der Waals surface area contributed by atoms with E-state index >= 15 is 0 Å². The molecule has 154 valence electrons. The summed E-state index contributed by atoms with van der Waals surface area (Å²) in [7, 11) is 1.61. The van der Waals surface area contributed by atoms with Crippen molar-refractivity contribution in [3.05, 3.63) is 23.8 Å². The van der Waals surface area contributed by atoms with E-state index in [4.69, 9.17) is 10.5 Å². The third kappa shape index (κ3) is 6.26. The molecule has 2 rings (SSSR count). The molecule has 9 heteroatoms. The van der Waals surface area contributed by atoms with Gasteiger partial charge in [-0.25, -0.2) is 4.98 Å². The lowest BCUT2D eigenvalue weighted by atomic mass is 9.96. The molecule has 1 aliphatic heterocycles. The SMILES string of the molecule is COCCCN(CCC(=O)N1CCC(C(N)=O)CC1)C(=O)c1cnc(C)cn1. The Morgan fingerprint density at radius 1 is 1.21 bits per heavy atom. The molecule has 1 aromatic heterocycles. The molecule has 1 aromatic rings. The lowest BCUT2D eigenvalue weighted by Gasteiger charge is -2.31. The smallest absolute Gasteiger partial charge is 0.274 e. The van der Waals surface area contributed by atoms with Gasteiger partial charge in [0.05, 0.1) is 11.9 Å². The highest BCUT2D eigenvalue weighted by molar-refractivity contribution is 5.92. The van der Waals surface area contributed by atoms with Crippen LogP contribution in [0, 0.1) is 12.8 Å². The van der Waals surface area contributed by atoms with Crippen LogP contribution in [0.1, 0.15) is 41.9 Å². The maximum atomic E-state index is 12.8. The summed E-state index contributed by atoms with van der Waals surface area (Å²) in [5, 5.41) is 0. The first kappa shape index (κ1) is 21.7. The van der Waals surface area contributed by atoms with Gasteiger partial charge in [-0.3, -0.25) is 19.4 Å². The lowest BCUT2D eigenvalue weighted by molar-refractivity contribution is -0.135. The van der Waals surface area contributed by atoms with Crippen LogP contribution in [0.2, 0.25) is 0 Å². The monoisotopic (exact) mass is 391 g/mol. The van der Waals surface area contributed by atoms with Gasteiger partial charge in [-0.05, 0) is 26.2 Å². The number of carbonyl (C=O) groups is 3. The molecule has 9 nitrogen and oxygen atoms in total. The fourth-order valence-corrected chi connectivity index (χ4v) is 3.18. The molecule has 1 saturated heterocycles. The molecule has 0 saturated carbocycles. The first-order valence-corrected chi connectivity index (χ1v) is 9.56. The highest BCUT2D eigenvalue weighted by atomic mass is 16.5. The molecule has 0 atom stereocenters. The Hall–Kier alpha value is -2.55. The normalized spacial score (nSPS) is 14.7. The zero-order valence-corrected chi connectivity index (χ0v) is 16.6. The summed E-state index contributed by atoms with van der Waals surface area (Å²) in [6.45, 7) is 4.14. The molecular formula is C19H29N5O4. The number of methoxy groups -OCH3 is 1. The first-order valence-electron chi connectivity index (χ1n) is 9.56. The molecule has 1 aliphatic rings. The Morgan fingerprint density at radius 3 is 2.50 bits per heavy atom. The summed E-state index contributed by atoms with van der Waals surface area (Å²) in [6.07, 6.45) is 5.08. The van der Waals surface area contributed by atoms with Gasteiger partial charge in [0.25, 0.3) is 5.91 Å². The van der Waals surface area contributed by atoms with Crippen molar-refractivity contribution in [2.24, 2.45) is 11.7 Å². The summed E-state index contributed by atoms with van der Waals surface area (Å²) in [4.78, 5) is 48.2. The van der Waals surface area contributed by atoms with Gasteiger partial charge < -0.3 is 20.3 Å². The molecular weight excluding hydrogens is 362 g/mol. The van der Waals surface area contributed by atoms with Crippen molar-refractivity contribution in [1.82, 2.24) is 19.8 Å². The number of hydrogen-bond acceptors (Lipinski definition) is 6. The van der Waals surface area contributed by atoms with Crippen LogP contribution in [0.15, 0.2) is 12.4 Å². The van der Waals surface area contributed by atoms with Gasteiger partial charge in [-0.1, -0.05) is 0 Å². The van der Waals surface area contributed by atoms with Crippen LogP contribution in [-0.4, -0.2) is 77.4 Å². The minimum Gasteiger partial charge on any atom is -0.385 e. The molecule has 2 heterocycles. The molecule has 2 N–H and O–H groups in total. The highest BCUT2D eigenvalue weighted by Gasteiger charge is 2.26. The zero-order chi connectivity index (χ0) is 20.5. The van der Waals surface area contributed by atoms with Gasteiger partial charge in [-0.2, -0.15) is 0 Å². The molecule has 0 unspecified atom stereocenters. The molecule has 0 bridgehead atoms. The average Bonchev–Trinajstić information content (AvgIpc) is 2.70. The minimum absolute atomic E-state index is 0.0255. The third-order valence-corrected chi connectivity index (χ3v) is 4.91. The van der Waals surface area contributed by atoms with Gasteiger partial charge in [0, 0.05) is 58.4 Å². The number of hydrogen-bond donors (Lipinski definition) is 1. The summed E-state index contributed by atoms with van der Waals surface area (Å²) in [6, 6.07) is 0. The number of primary amides is 1. The van der Waals surface area contributed by atoms with Gasteiger partial charge >= 0.3 is 0 Å². The average molecular weight is 391 g/mol. The fraction of sp³-hybridized carbons (Fsp3) is 0.632. The number of nitrogens with zero attached hydrogens (tertiary/aromatic N) is 4. The molecule has 0 aliphatic carbocycles. The third-order valence-electron chi connectivity index (χ3n) is 4.91. The van der Waals surface area contributed by atoms with Crippen molar-refractivity contribution in [3.8, 4) is 0 Å². The van der Waals surface area contributed by atoms with Gasteiger partial charge in [-0.15, -0.1) is 0 Å². The lowest BCUT2D eigenvalue weighted by Crippen LogP contribution is -2.43. The quantitative estimate of drug-likeness (QED) is 0.608. The summed E-state index contributed by atoms with van der Waals surface area (Å²) < 4.78 is 5.06. The molecule has 0 aromatic carbocycles. The largest absolute Gasteiger partial charge is 0.385 e. The van der Waals surface area contributed by atoms with E-state index in [0.717, 1.165) is 5.69 Å². The summed E-state index contributed by atoms with van der Waals surface area (Å²) in [5.41, 5.74) is 6.33. The van der Waals surface area contributed by atoms with E-state index in [1.807, 2.05) is 0 Å². The van der Waals surface area contributed by atoms with Gasteiger partial charge in [0.2, 0.25) is 11.8 Å². The minimum atomic E-state index is -0.304. The van der Waals surface area contributed by atoms with E-state index in [1.165, 1.54) is 6.20 Å². The second-order valence-electron chi connectivity index (χ2n) is 6.99. The maximum absolute atomic E-state index is 12.8. The summed E-state index contributed by atoms with van der Waals surface area (Å²) in [5.74, 6) is -0.733. The van der Waals surface area contributed by atoms with Crippen molar-refractivity contribution in [1.29, 1.82) is 0 Å². The van der Waals surface area contributed by atoms with Crippen molar-refractivity contribution >= 4 is 17.7 Å². The second kappa shape index (κ2) is 10.7. The number of amides is 3. The highest BCUT2D eigenvalue weighted by Crippen LogP contribution is 2.17. The number of aryl methyl sites for hydroxylation is 1. The topological polar surface area (TPSA) is 119 Å². The Balaban J connectivity index is 1.92. The molecule has 28 heavy (non-hydrogen) atoms. The second-order valence-corrected chi connectivity index (χ2v) is 6.99. The van der Waals surface area contributed by atoms with E-state index in [-0.39, 0.29) is 35.8 Å². The Morgan fingerprint density at radius 2 is 1.93 bits per heavy atom. The van der Waals surface area contributed by atoms with Crippen LogP contribution in [0.4, 0.5) is 0 Å². The number of nitrogens with two attached hydrogens (primary N) is 1. The van der Waals surface area contributed by atoms with Crippen LogP contribution in [-0.2, 0) is 14.3 Å². The predicted octanol–water partition coefficient (Wildman–Crippen LogP) is 0.378. The number of ether oxygens (including phenoxy) is 1. The van der Waals surface area contributed by atoms with Gasteiger partial charge in [0.1, 0.15) is 5.69 Å². The van der Waals surface area contributed by atoms with Crippen LogP contribution < -0.4 is 5.73 Å². The van der Waals surface area contributed by atoms with Crippen molar-refractivity contribution in [2.75, 3.05) is 39.9 Å². The zero-order valence-electron chi connectivity index (χ0n) is 16.6. The number of likely N-dealkylation sites (tertiary alicyclic amines) is 1. The van der Waals surface area contributed by atoms with Crippen LogP contribution in [0.25, 0.3) is 0 Å². The fourth-order valence-electron chi connectivity index (χ4n) is 3.18. The summed E-state index contributed by atoms with van der Waals surface area (Å²) >= 11 is 0. The molecule has 3 amide bonds. The van der Waals surface area contributed by atoms with E-state index in [9.17, 15) is 14.4 Å². The van der Waals surface area contributed by atoms with E-state index in [0.29, 0.717) is 52.0 Å². The number of aromatic nitrogens is 2. The van der Waals surface area contributed by atoms with Crippen LogP contribution in [0.3, 0.4) is 0 Å². The number of piperidine rings is 1. The Labute approximate surface area is 165 Å². The Bertz CT molecular complexity index is 671. The van der Waals surface area contributed by atoms with Crippen molar-refractivity contribution in [2.45, 2.75) is 32.6 Å².